The smallest absolute Gasteiger partial charge is 0.287 e. The van der Waals surface area contributed by atoms with Gasteiger partial charge in [0.25, 0.3) is 5.91 Å². The van der Waals surface area contributed by atoms with E-state index in [1.54, 1.807) is 31.2 Å². The lowest BCUT2D eigenvalue weighted by atomic mass is 10.0. The molecule has 2 aromatic rings. The summed E-state index contributed by atoms with van der Waals surface area (Å²) < 4.78 is 5.61. The van der Waals surface area contributed by atoms with Crippen LogP contribution in [0.4, 0.5) is 0 Å². The lowest BCUT2D eigenvalue weighted by Crippen LogP contribution is -2.30. The molecule has 1 aromatic heterocycles. The van der Waals surface area contributed by atoms with Crippen molar-refractivity contribution in [3.63, 3.8) is 0 Å². The molecule has 1 amide bonds. The fraction of sp³-hybridized carbons (Fsp3) is 0.333. The van der Waals surface area contributed by atoms with Crippen LogP contribution in [0.3, 0.4) is 0 Å². The molecule has 2 heterocycles. The molecule has 0 unspecified atom stereocenters. The van der Waals surface area contributed by atoms with Crippen molar-refractivity contribution in [1.82, 2.24) is 5.32 Å². The van der Waals surface area contributed by atoms with Gasteiger partial charge in [-0.15, -0.1) is 12.3 Å². The summed E-state index contributed by atoms with van der Waals surface area (Å²) in [6.07, 6.45) is 7.11. The highest BCUT2D eigenvalue weighted by molar-refractivity contribution is 5.94. The summed E-state index contributed by atoms with van der Waals surface area (Å²) >= 11 is 0. The average Bonchev–Trinajstić information content (AvgIpc) is 3.36. The molecule has 0 bridgehead atoms. The van der Waals surface area contributed by atoms with Crippen LogP contribution in [0.1, 0.15) is 35.4 Å². The van der Waals surface area contributed by atoms with Gasteiger partial charge in [-0.3, -0.25) is 9.59 Å². The molecule has 0 saturated carbocycles. The van der Waals surface area contributed by atoms with Crippen molar-refractivity contribution in [3.05, 3.63) is 45.8 Å². The largest absolute Gasteiger partial charge is 0.450 e. The van der Waals surface area contributed by atoms with Crippen molar-refractivity contribution in [1.29, 1.82) is 0 Å². The molecule has 3 rings (SSSR count). The second kappa shape index (κ2) is 6.28. The summed E-state index contributed by atoms with van der Waals surface area (Å²) in [5.74, 6) is 2.19. The first kappa shape index (κ1) is 15.9. The number of terminal acetylenes is 1. The first-order chi connectivity index (χ1) is 11.6. The number of benzene rings is 1. The van der Waals surface area contributed by atoms with Crippen molar-refractivity contribution < 1.29 is 9.21 Å². The Labute approximate surface area is 139 Å². The van der Waals surface area contributed by atoms with Crippen LogP contribution in [0, 0.1) is 19.3 Å². The van der Waals surface area contributed by atoms with Crippen molar-refractivity contribution in [2.45, 2.75) is 31.8 Å². The Morgan fingerprint density at radius 2 is 2.08 bits per heavy atom. The maximum absolute atomic E-state index is 12.3. The topological polar surface area (TPSA) is 84.0 Å². The number of fused-ring (bicyclic) bond motifs is 1. The van der Waals surface area contributed by atoms with Gasteiger partial charge >= 0.3 is 0 Å². The van der Waals surface area contributed by atoms with E-state index in [-0.39, 0.29) is 11.2 Å². The summed E-state index contributed by atoms with van der Waals surface area (Å²) in [6.45, 7) is 1.97. The second-order valence-electron chi connectivity index (χ2n) is 5.77. The van der Waals surface area contributed by atoms with E-state index in [1.165, 1.54) is 0 Å². The standard InChI is InChI=1S/C18H17N3O3/c1-3-4-9-18(20-21-18)10-11-19-17(23)16-12(2)15(22)13-7-5-6-8-14(13)24-16/h1,5-8H,4,9-11H2,2H3,(H,19,23). The lowest BCUT2D eigenvalue weighted by molar-refractivity contribution is 0.0923. The van der Waals surface area contributed by atoms with E-state index in [0.29, 0.717) is 42.3 Å². The quantitative estimate of drug-likeness (QED) is 0.830. The predicted octanol–water partition coefficient (Wildman–Crippen LogP) is 2.80. The normalized spacial score (nSPS) is 14.3. The third-order valence-electron chi connectivity index (χ3n) is 4.09. The molecule has 1 N–H and O–H groups in total. The van der Waals surface area contributed by atoms with Crippen LogP contribution in [-0.2, 0) is 0 Å². The van der Waals surface area contributed by atoms with Crippen LogP contribution < -0.4 is 10.7 Å². The molecule has 1 aliphatic rings. The zero-order valence-electron chi connectivity index (χ0n) is 13.3. The molecule has 6 nitrogen and oxygen atoms in total. The Morgan fingerprint density at radius 1 is 1.33 bits per heavy atom. The van der Waals surface area contributed by atoms with Crippen molar-refractivity contribution in [2.75, 3.05) is 6.54 Å². The van der Waals surface area contributed by atoms with Crippen LogP contribution in [0.5, 0.6) is 0 Å². The predicted molar refractivity (Wildman–Crippen MR) is 89.8 cm³/mol. The molecule has 1 aromatic carbocycles. The molecule has 6 heteroatoms. The third kappa shape index (κ3) is 3.06. The van der Waals surface area contributed by atoms with Crippen LogP contribution >= 0.6 is 0 Å². The fourth-order valence-electron chi connectivity index (χ4n) is 2.58. The van der Waals surface area contributed by atoms with Crippen LogP contribution in [0.2, 0.25) is 0 Å². The molecular formula is C18H17N3O3. The van der Waals surface area contributed by atoms with Crippen molar-refractivity contribution >= 4 is 16.9 Å². The molecule has 122 valence electrons. The Balaban J connectivity index is 1.70. The van der Waals surface area contributed by atoms with Crippen LogP contribution in [0.25, 0.3) is 11.0 Å². The molecule has 0 fully saturated rings. The van der Waals surface area contributed by atoms with Gasteiger partial charge < -0.3 is 9.73 Å². The number of hydrogen-bond donors (Lipinski definition) is 1. The number of nitrogens with zero attached hydrogens (tertiary/aromatic N) is 2. The number of rotatable bonds is 6. The zero-order chi connectivity index (χ0) is 17.2. The van der Waals surface area contributed by atoms with Gasteiger partial charge in [0.1, 0.15) is 5.58 Å². The summed E-state index contributed by atoms with van der Waals surface area (Å²) in [6, 6.07) is 6.87. The van der Waals surface area contributed by atoms with Gasteiger partial charge in [0.05, 0.1) is 5.39 Å². The minimum absolute atomic E-state index is 0.0426. The maximum Gasteiger partial charge on any atom is 0.287 e. The molecular weight excluding hydrogens is 306 g/mol. The maximum atomic E-state index is 12.3. The molecule has 0 spiro atoms. The van der Waals surface area contributed by atoms with E-state index in [1.807, 2.05) is 0 Å². The molecule has 0 radical (unpaired) electrons. The number of nitrogens with one attached hydrogen (secondary N) is 1. The Bertz CT molecular complexity index is 915. The molecule has 1 aliphatic heterocycles. The van der Waals surface area contributed by atoms with Gasteiger partial charge in [0.2, 0.25) is 0 Å². The van der Waals surface area contributed by atoms with Gasteiger partial charge in [0, 0.05) is 31.4 Å². The number of carbonyl (C=O) groups is 1. The van der Waals surface area contributed by atoms with E-state index < -0.39 is 11.6 Å². The summed E-state index contributed by atoms with van der Waals surface area (Å²) in [5, 5.41) is 11.3. The summed E-state index contributed by atoms with van der Waals surface area (Å²) in [5.41, 5.74) is 0.0588. The van der Waals surface area contributed by atoms with E-state index in [0.717, 1.165) is 0 Å². The van der Waals surface area contributed by atoms with E-state index >= 15 is 0 Å². The van der Waals surface area contributed by atoms with E-state index in [2.05, 4.69) is 21.5 Å². The number of hydrogen-bond acceptors (Lipinski definition) is 5. The number of amides is 1. The van der Waals surface area contributed by atoms with Gasteiger partial charge in [-0.2, -0.15) is 10.2 Å². The first-order valence-electron chi connectivity index (χ1n) is 7.74. The third-order valence-corrected chi connectivity index (χ3v) is 4.09. The summed E-state index contributed by atoms with van der Waals surface area (Å²) in [4.78, 5) is 24.7. The van der Waals surface area contributed by atoms with E-state index in [4.69, 9.17) is 10.8 Å². The van der Waals surface area contributed by atoms with Gasteiger partial charge in [0.15, 0.2) is 16.9 Å². The minimum Gasteiger partial charge on any atom is -0.450 e. The number of carbonyl (C=O) groups excluding carboxylic acids is 1. The fourth-order valence-corrected chi connectivity index (χ4v) is 2.58. The summed E-state index contributed by atoms with van der Waals surface area (Å²) in [7, 11) is 0. The van der Waals surface area contributed by atoms with Crippen LogP contribution in [0.15, 0.2) is 43.7 Å². The van der Waals surface area contributed by atoms with Crippen molar-refractivity contribution in [3.8, 4) is 12.3 Å². The SMILES string of the molecule is C#CCCC1(CCNC(=O)c2oc3ccccc3c(=O)c2C)N=N1. The van der Waals surface area contributed by atoms with Crippen molar-refractivity contribution in [2.24, 2.45) is 10.2 Å². The molecule has 24 heavy (non-hydrogen) atoms. The molecule has 0 aliphatic carbocycles. The minimum atomic E-state index is -0.446. The second-order valence-corrected chi connectivity index (χ2v) is 5.77. The van der Waals surface area contributed by atoms with E-state index in [9.17, 15) is 9.59 Å². The first-order valence-corrected chi connectivity index (χ1v) is 7.74. The van der Waals surface area contributed by atoms with Crippen LogP contribution in [-0.4, -0.2) is 18.1 Å². The van der Waals surface area contributed by atoms with Gasteiger partial charge in [-0.1, -0.05) is 12.1 Å². The highest BCUT2D eigenvalue weighted by Crippen LogP contribution is 2.36. The Hall–Kier alpha value is -2.94. The monoisotopic (exact) mass is 323 g/mol. The lowest BCUT2D eigenvalue weighted by Gasteiger charge is -2.10. The highest BCUT2D eigenvalue weighted by atomic mass is 16.3. The Kier molecular flexibility index (Phi) is 4.17. The Morgan fingerprint density at radius 3 is 2.79 bits per heavy atom. The number of para-hydroxylation sites is 1. The van der Waals surface area contributed by atoms with Gasteiger partial charge in [-0.05, 0) is 19.1 Å². The highest BCUT2D eigenvalue weighted by Gasteiger charge is 2.38. The zero-order valence-corrected chi connectivity index (χ0v) is 13.3. The molecule has 0 saturated heterocycles. The molecule has 0 atom stereocenters. The van der Waals surface area contributed by atoms with Gasteiger partial charge in [-0.25, -0.2) is 0 Å². The average molecular weight is 323 g/mol.